The van der Waals surface area contributed by atoms with E-state index in [4.69, 9.17) is 4.74 Å². The Morgan fingerprint density at radius 2 is 1.96 bits per heavy atom. The number of nitrogens with zero attached hydrogens (tertiary/aromatic N) is 2. The molecular weight excluding hydrogens is 329 g/mol. The summed E-state index contributed by atoms with van der Waals surface area (Å²) < 4.78 is 19.6. The molecule has 2 fully saturated rings. The Kier molecular flexibility index (Phi) is 3.84. The summed E-state index contributed by atoms with van der Waals surface area (Å²) in [6, 6.07) is 2.89. The summed E-state index contributed by atoms with van der Waals surface area (Å²) in [6.07, 6.45) is 3.11. The number of ether oxygens (including phenoxy) is 1. The highest BCUT2D eigenvalue weighted by molar-refractivity contribution is 6.02. The average Bonchev–Trinajstić information content (AvgIpc) is 3.44. The van der Waals surface area contributed by atoms with Crippen LogP contribution >= 0.6 is 0 Å². The zero-order chi connectivity index (χ0) is 17.6. The minimum Gasteiger partial charge on any atom is -0.475 e. The molecule has 4 rings (SSSR count). The molecule has 2 N–H and O–H groups in total. The zero-order valence-corrected chi connectivity index (χ0v) is 13.5. The normalized spacial score (nSPS) is 20.5. The molecule has 0 spiro atoms. The van der Waals surface area contributed by atoms with Crippen molar-refractivity contribution in [3.63, 3.8) is 0 Å². The minimum atomic E-state index is -1.32. The molecule has 2 heterocycles. The van der Waals surface area contributed by atoms with Crippen molar-refractivity contribution in [1.29, 1.82) is 0 Å². The topological polar surface area (TPSA) is 82.1 Å². The van der Waals surface area contributed by atoms with E-state index in [0.717, 1.165) is 32.0 Å². The Bertz CT molecular complexity index is 769. The van der Waals surface area contributed by atoms with E-state index >= 15 is 0 Å². The number of esters is 1. The Balaban J connectivity index is 1.81. The molecule has 0 radical (unpaired) electrons. The molecule has 1 saturated heterocycles. The van der Waals surface area contributed by atoms with Crippen LogP contribution in [0.3, 0.4) is 0 Å². The van der Waals surface area contributed by atoms with E-state index in [2.05, 4.69) is 5.32 Å². The number of fused-ring (bicyclic) bond motifs is 1. The molecule has 0 bridgehead atoms. The second kappa shape index (κ2) is 6.03. The molecule has 1 saturated carbocycles. The number of carboxylic acid groups (broad SMARTS) is 1. The van der Waals surface area contributed by atoms with Gasteiger partial charge in [-0.05, 0) is 25.0 Å². The highest BCUT2D eigenvalue weighted by atomic mass is 19.1. The standard InChI is InChI=1S/C17H18FN3O4/c18-12-7-11-13(8-14(12)20-5-3-19-4-6-20)21(10-1-2-10)9-15(16(22)23)25-17(11)24/h7-10,19H,1-6H2,(H,22,23). The number of piperazine rings is 1. The lowest BCUT2D eigenvalue weighted by molar-refractivity contribution is -0.135. The summed E-state index contributed by atoms with van der Waals surface area (Å²) in [5.41, 5.74) is 0.973. The summed E-state index contributed by atoms with van der Waals surface area (Å²) in [5, 5.41) is 12.4. The van der Waals surface area contributed by atoms with Gasteiger partial charge in [-0.2, -0.15) is 0 Å². The van der Waals surface area contributed by atoms with Gasteiger partial charge < -0.3 is 25.0 Å². The van der Waals surface area contributed by atoms with Gasteiger partial charge in [-0.3, -0.25) is 0 Å². The molecule has 0 atom stereocenters. The Morgan fingerprint density at radius 3 is 2.60 bits per heavy atom. The Hall–Kier alpha value is -2.61. The van der Waals surface area contributed by atoms with Crippen LogP contribution in [0.15, 0.2) is 24.1 Å². The van der Waals surface area contributed by atoms with Crippen LogP contribution < -0.4 is 15.1 Å². The molecule has 132 valence electrons. The van der Waals surface area contributed by atoms with E-state index in [0.29, 0.717) is 24.5 Å². The molecule has 0 amide bonds. The third kappa shape index (κ3) is 2.93. The Labute approximate surface area is 143 Å². The van der Waals surface area contributed by atoms with E-state index in [9.17, 15) is 19.1 Å². The van der Waals surface area contributed by atoms with Gasteiger partial charge in [-0.1, -0.05) is 0 Å². The third-order valence-electron chi connectivity index (χ3n) is 4.63. The van der Waals surface area contributed by atoms with Gasteiger partial charge in [0.25, 0.3) is 0 Å². The molecule has 1 aromatic carbocycles. The molecule has 0 aromatic heterocycles. The number of nitrogens with one attached hydrogen (secondary N) is 1. The number of cyclic esters (lactones) is 1. The molecule has 3 aliphatic rings. The number of halogens is 1. The maximum atomic E-state index is 14.6. The van der Waals surface area contributed by atoms with Crippen LogP contribution in [0.1, 0.15) is 23.2 Å². The molecule has 2 aliphatic heterocycles. The molecule has 25 heavy (non-hydrogen) atoms. The Morgan fingerprint density at radius 1 is 1.24 bits per heavy atom. The summed E-state index contributed by atoms with van der Waals surface area (Å²) in [5.74, 6) is -3.13. The van der Waals surface area contributed by atoms with Gasteiger partial charge in [0.15, 0.2) is 0 Å². The first-order chi connectivity index (χ1) is 12.0. The van der Waals surface area contributed by atoms with Crippen molar-refractivity contribution >= 4 is 23.3 Å². The number of benzene rings is 1. The lowest BCUT2D eigenvalue weighted by Crippen LogP contribution is -2.44. The van der Waals surface area contributed by atoms with Gasteiger partial charge in [-0.25, -0.2) is 14.0 Å². The summed E-state index contributed by atoms with van der Waals surface area (Å²) >= 11 is 0. The molecule has 7 nitrogen and oxygen atoms in total. The fourth-order valence-corrected chi connectivity index (χ4v) is 3.21. The van der Waals surface area contributed by atoms with E-state index < -0.39 is 23.5 Å². The SMILES string of the molecule is O=C(O)C1=CN(C2CC2)c2cc(N3CCNCC3)c(F)cc2C(=O)O1. The predicted molar refractivity (Wildman–Crippen MR) is 88.1 cm³/mol. The van der Waals surface area contributed by atoms with Crippen LogP contribution in [0.25, 0.3) is 0 Å². The highest BCUT2D eigenvalue weighted by Crippen LogP contribution is 2.39. The number of hydrogen-bond acceptors (Lipinski definition) is 6. The third-order valence-corrected chi connectivity index (χ3v) is 4.63. The number of carboxylic acids is 1. The van der Waals surface area contributed by atoms with Gasteiger partial charge in [0, 0.05) is 32.2 Å². The zero-order valence-electron chi connectivity index (χ0n) is 13.5. The summed E-state index contributed by atoms with van der Waals surface area (Å²) in [4.78, 5) is 27.3. The van der Waals surface area contributed by atoms with Crippen molar-refractivity contribution in [3.05, 3.63) is 35.5 Å². The molecule has 8 heteroatoms. The number of aliphatic carboxylic acids is 1. The van der Waals surface area contributed by atoms with Gasteiger partial charge in [0.2, 0.25) is 5.76 Å². The average molecular weight is 347 g/mol. The van der Waals surface area contributed by atoms with Crippen molar-refractivity contribution in [2.24, 2.45) is 0 Å². The first-order valence-electron chi connectivity index (χ1n) is 8.29. The van der Waals surface area contributed by atoms with E-state index in [1.807, 2.05) is 4.90 Å². The summed E-state index contributed by atoms with van der Waals surface area (Å²) in [6.45, 7) is 2.85. The van der Waals surface area contributed by atoms with Crippen LogP contribution in [0.4, 0.5) is 15.8 Å². The highest BCUT2D eigenvalue weighted by Gasteiger charge is 2.36. The van der Waals surface area contributed by atoms with Gasteiger partial charge in [0.05, 0.1) is 23.1 Å². The van der Waals surface area contributed by atoms with Crippen molar-refractivity contribution in [2.45, 2.75) is 18.9 Å². The van der Waals surface area contributed by atoms with E-state index in [1.165, 1.54) is 6.20 Å². The van der Waals surface area contributed by atoms with Gasteiger partial charge >= 0.3 is 11.9 Å². The van der Waals surface area contributed by atoms with Crippen LogP contribution in [0.2, 0.25) is 0 Å². The smallest absolute Gasteiger partial charge is 0.373 e. The largest absolute Gasteiger partial charge is 0.475 e. The van der Waals surface area contributed by atoms with E-state index in [1.54, 1.807) is 11.0 Å². The fraction of sp³-hybridized carbons (Fsp3) is 0.412. The number of hydrogen-bond donors (Lipinski definition) is 2. The fourth-order valence-electron chi connectivity index (χ4n) is 3.21. The monoisotopic (exact) mass is 347 g/mol. The second-order valence-corrected chi connectivity index (χ2v) is 6.38. The van der Waals surface area contributed by atoms with Crippen molar-refractivity contribution in [1.82, 2.24) is 5.32 Å². The van der Waals surface area contributed by atoms with Crippen LogP contribution in [0.5, 0.6) is 0 Å². The van der Waals surface area contributed by atoms with Crippen molar-refractivity contribution < 1.29 is 23.8 Å². The summed E-state index contributed by atoms with van der Waals surface area (Å²) in [7, 11) is 0. The number of carbonyl (C=O) groups excluding carboxylic acids is 1. The number of carbonyl (C=O) groups is 2. The number of rotatable bonds is 3. The van der Waals surface area contributed by atoms with Crippen LogP contribution in [0, 0.1) is 5.82 Å². The van der Waals surface area contributed by atoms with Gasteiger partial charge in [-0.15, -0.1) is 0 Å². The molecule has 1 aromatic rings. The van der Waals surface area contributed by atoms with Crippen molar-refractivity contribution in [2.75, 3.05) is 36.0 Å². The number of anilines is 2. The van der Waals surface area contributed by atoms with Gasteiger partial charge in [0.1, 0.15) is 5.82 Å². The maximum absolute atomic E-state index is 14.6. The van der Waals surface area contributed by atoms with E-state index in [-0.39, 0.29) is 11.6 Å². The maximum Gasteiger partial charge on any atom is 0.373 e. The first-order valence-corrected chi connectivity index (χ1v) is 8.29. The van der Waals surface area contributed by atoms with Crippen molar-refractivity contribution in [3.8, 4) is 0 Å². The quantitative estimate of drug-likeness (QED) is 0.798. The van der Waals surface area contributed by atoms with Crippen LogP contribution in [-0.4, -0.2) is 49.3 Å². The second-order valence-electron chi connectivity index (χ2n) is 6.38. The lowest BCUT2D eigenvalue weighted by atomic mass is 10.1. The molecular formula is C17H18FN3O4. The molecule has 0 unspecified atom stereocenters. The first kappa shape index (κ1) is 15.9. The molecule has 1 aliphatic carbocycles. The minimum absolute atomic E-state index is 0.0517. The lowest BCUT2D eigenvalue weighted by Gasteiger charge is -2.31. The predicted octanol–water partition coefficient (Wildman–Crippen LogP) is 1.30. The van der Waals surface area contributed by atoms with Crippen LogP contribution in [-0.2, 0) is 9.53 Å².